The predicted octanol–water partition coefficient (Wildman–Crippen LogP) is 3.19. The molecular formula is C12H17ClN2. The Labute approximate surface area is 96.1 Å². The van der Waals surface area contributed by atoms with E-state index >= 15 is 0 Å². The molecule has 1 N–H and O–H groups in total. The quantitative estimate of drug-likeness (QED) is 0.778. The van der Waals surface area contributed by atoms with Crippen LogP contribution in [0.15, 0.2) is 18.3 Å². The zero-order valence-electron chi connectivity index (χ0n) is 9.04. The molecule has 1 aliphatic rings. The van der Waals surface area contributed by atoms with Gasteiger partial charge in [0.15, 0.2) is 0 Å². The molecule has 0 aliphatic heterocycles. The van der Waals surface area contributed by atoms with Crippen LogP contribution >= 0.6 is 11.6 Å². The van der Waals surface area contributed by atoms with Crippen molar-refractivity contribution in [3.63, 3.8) is 0 Å². The minimum Gasteiger partial charge on any atom is -0.310 e. The van der Waals surface area contributed by atoms with Crippen molar-refractivity contribution < 1.29 is 0 Å². The van der Waals surface area contributed by atoms with Gasteiger partial charge >= 0.3 is 0 Å². The van der Waals surface area contributed by atoms with E-state index in [2.05, 4.69) is 17.2 Å². The van der Waals surface area contributed by atoms with Gasteiger partial charge in [0, 0.05) is 12.2 Å². The second-order valence-electron chi connectivity index (χ2n) is 4.32. The molecule has 1 heterocycles. The molecule has 82 valence electrons. The second-order valence-corrected chi connectivity index (χ2v) is 4.71. The van der Waals surface area contributed by atoms with Crippen LogP contribution in [0.4, 0.5) is 0 Å². The van der Waals surface area contributed by atoms with Gasteiger partial charge in [0.05, 0.1) is 0 Å². The smallest absolute Gasteiger partial charge is 0.129 e. The molecule has 0 aromatic carbocycles. The van der Waals surface area contributed by atoms with E-state index in [0.717, 1.165) is 12.5 Å². The van der Waals surface area contributed by atoms with Gasteiger partial charge in [-0.15, -0.1) is 0 Å². The van der Waals surface area contributed by atoms with Gasteiger partial charge in [-0.25, -0.2) is 4.98 Å². The Balaban J connectivity index is 1.78. The fraction of sp³-hybridized carbons (Fsp3) is 0.583. The molecule has 1 aromatic heterocycles. The van der Waals surface area contributed by atoms with Crippen LogP contribution in [0.3, 0.4) is 0 Å². The maximum Gasteiger partial charge on any atom is 0.129 e. The number of rotatable bonds is 5. The van der Waals surface area contributed by atoms with Gasteiger partial charge in [0.1, 0.15) is 5.15 Å². The maximum absolute atomic E-state index is 5.74. The zero-order chi connectivity index (χ0) is 10.7. The number of pyridine rings is 1. The van der Waals surface area contributed by atoms with Gasteiger partial charge in [-0.2, -0.15) is 0 Å². The first-order chi connectivity index (χ1) is 7.25. The standard InChI is InChI=1S/C12H17ClN2/c1-9(14-7-6-10-2-3-10)11-4-5-12(13)15-8-11/h4-5,8-10,14H,2-3,6-7H2,1H3. The molecule has 3 heteroatoms. The molecule has 2 nitrogen and oxygen atoms in total. The topological polar surface area (TPSA) is 24.9 Å². The summed E-state index contributed by atoms with van der Waals surface area (Å²) in [5, 5.41) is 4.07. The van der Waals surface area contributed by atoms with E-state index in [-0.39, 0.29) is 0 Å². The van der Waals surface area contributed by atoms with Crippen molar-refractivity contribution >= 4 is 11.6 Å². The number of aromatic nitrogens is 1. The monoisotopic (exact) mass is 224 g/mol. The van der Waals surface area contributed by atoms with Crippen molar-refractivity contribution in [1.82, 2.24) is 10.3 Å². The molecule has 0 bridgehead atoms. The van der Waals surface area contributed by atoms with Gasteiger partial charge in [-0.1, -0.05) is 30.5 Å². The van der Waals surface area contributed by atoms with Crippen LogP contribution in [-0.2, 0) is 0 Å². The minimum atomic E-state index is 0.369. The van der Waals surface area contributed by atoms with E-state index in [9.17, 15) is 0 Å². The minimum absolute atomic E-state index is 0.369. The van der Waals surface area contributed by atoms with Crippen LogP contribution in [0.25, 0.3) is 0 Å². The molecular weight excluding hydrogens is 208 g/mol. The molecule has 0 amide bonds. The van der Waals surface area contributed by atoms with Crippen LogP contribution in [0, 0.1) is 5.92 Å². The second kappa shape index (κ2) is 4.95. The average Bonchev–Trinajstić information content (AvgIpc) is 3.02. The van der Waals surface area contributed by atoms with E-state index in [1.165, 1.54) is 24.8 Å². The third kappa shape index (κ3) is 3.47. The lowest BCUT2D eigenvalue weighted by Crippen LogP contribution is -2.20. The fourth-order valence-corrected chi connectivity index (χ4v) is 1.78. The molecule has 1 fully saturated rings. The van der Waals surface area contributed by atoms with Crippen molar-refractivity contribution in [3.8, 4) is 0 Å². The first-order valence-corrected chi connectivity index (χ1v) is 5.98. The molecule has 1 aromatic rings. The summed E-state index contributed by atoms with van der Waals surface area (Å²) < 4.78 is 0. The lowest BCUT2D eigenvalue weighted by atomic mass is 10.1. The molecule has 0 spiro atoms. The van der Waals surface area contributed by atoms with Crippen molar-refractivity contribution in [1.29, 1.82) is 0 Å². The Bertz CT molecular complexity index is 306. The number of hydrogen-bond acceptors (Lipinski definition) is 2. The normalized spacial score (nSPS) is 17.7. The van der Waals surface area contributed by atoms with Crippen LogP contribution in [0.2, 0.25) is 5.15 Å². The van der Waals surface area contributed by atoms with Crippen LogP contribution in [-0.4, -0.2) is 11.5 Å². The Morgan fingerprint density at radius 3 is 2.93 bits per heavy atom. The highest BCUT2D eigenvalue weighted by molar-refractivity contribution is 6.29. The molecule has 1 unspecified atom stereocenters. The summed E-state index contributed by atoms with van der Waals surface area (Å²) >= 11 is 5.74. The highest BCUT2D eigenvalue weighted by atomic mass is 35.5. The molecule has 0 radical (unpaired) electrons. The van der Waals surface area contributed by atoms with Crippen LogP contribution < -0.4 is 5.32 Å². The first kappa shape index (κ1) is 10.9. The molecule has 15 heavy (non-hydrogen) atoms. The summed E-state index contributed by atoms with van der Waals surface area (Å²) in [6.07, 6.45) is 6.01. The number of hydrogen-bond donors (Lipinski definition) is 1. The predicted molar refractivity (Wildman–Crippen MR) is 63.0 cm³/mol. The average molecular weight is 225 g/mol. The Morgan fingerprint density at radius 2 is 2.33 bits per heavy atom. The highest BCUT2D eigenvalue weighted by Crippen LogP contribution is 2.31. The summed E-state index contributed by atoms with van der Waals surface area (Å²) in [5.41, 5.74) is 1.20. The van der Waals surface area contributed by atoms with Gasteiger partial charge in [-0.05, 0) is 37.4 Å². The summed E-state index contributed by atoms with van der Waals surface area (Å²) in [6, 6.07) is 4.24. The summed E-state index contributed by atoms with van der Waals surface area (Å²) in [5.74, 6) is 0.994. The van der Waals surface area contributed by atoms with Crippen molar-refractivity contribution in [2.45, 2.75) is 32.2 Å². The third-order valence-electron chi connectivity index (χ3n) is 2.95. The van der Waals surface area contributed by atoms with Gasteiger partial charge in [0.25, 0.3) is 0 Å². The van der Waals surface area contributed by atoms with Crippen molar-refractivity contribution in [2.75, 3.05) is 6.54 Å². The lowest BCUT2D eigenvalue weighted by molar-refractivity contribution is 0.538. The molecule has 1 saturated carbocycles. The Kier molecular flexibility index (Phi) is 3.60. The molecule has 1 aliphatic carbocycles. The fourth-order valence-electron chi connectivity index (χ4n) is 1.67. The Hall–Kier alpha value is -0.600. The van der Waals surface area contributed by atoms with Gasteiger partial charge < -0.3 is 5.32 Å². The number of nitrogens with one attached hydrogen (secondary N) is 1. The van der Waals surface area contributed by atoms with Crippen molar-refractivity contribution in [3.05, 3.63) is 29.0 Å². The summed E-state index contributed by atoms with van der Waals surface area (Å²) in [4.78, 5) is 4.08. The Morgan fingerprint density at radius 1 is 1.53 bits per heavy atom. The molecule has 0 saturated heterocycles. The van der Waals surface area contributed by atoms with E-state index < -0.39 is 0 Å². The number of halogens is 1. The summed E-state index contributed by atoms with van der Waals surface area (Å²) in [7, 11) is 0. The molecule has 1 atom stereocenters. The summed E-state index contributed by atoms with van der Waals surface area (Å²) in [6.45, 7) is 3.27. The third-order valence-corrected chi connectivity index (χ3v) is 3.17. The molecule has 2 rings (SSSR count). The van der Waals surface area contributed by atoms with Crippen LogP contribution in [0.5, 0.6) is 0 Å². The first-order valence-electron chi connectivity index (χ1n) is 5.60. The van der Waals surface area contributed by atoms with E-state index in [0.29, 0.717) is 11.2 Å². The van der Waals surface area contributed by atoms with Crippen molar-refractivity contribution in [2.24, 2.45) is 5.92 Å². The van der Waals surface area contributed by atoms with Gasteiger partial charge in [-0.3, -0.25) is 0 Å². The highest BCUT2D eigenvalue weighted by Gasteiger charge is 2.20. The van der Waals surface area contributed by atoms with E-state index in [4.69, 9.17) is 11.6 Å². The lowest BCUT2D eigenvalue weighted by Gasteiger charge is -2.13. The van der Waals surface area contributed by atoms with Crippen LogP contribution in [0.1, 0.15) is 37.8 Å². The number of nitrogens with zero attached hydrogens (tertiary/aromatic N) is 1. The van der Waals surface area contributed by atoms with E-state index in [1.54, 1.807) is 0 Å². The van der Waals surface area contributed by atoms with Gasteiger partial charge in [0.2, 0.25) is 0 Å². The van der Waals surface area contributed by atoms with E-state index in [1.807, 2.05) is 18.3 Å². The zero-order valence-corrected chi connectivity index (χ0v) is 9.80. The largest absolute Gasteiger partial charge is 0.310 e. The SMILES string of the molecule is CC(NCCC1CC1)c1ccc(Cl)nc1. The maximum atomic E-state index is 5.74.